The molecule has 26 heavy (non-hydrogen) atoms. The summed E-state index contributed by atoms with van der Waals surface area (Å²) in [7, 11) is 1.97. The van der Waals surface area contributed by atoms with Crippen molar-refractivity contribution in [3.05, 3.63) is 53.0 Å². The van der Waals surface area contributed by atoms with Crippen LogP contribution in [0.4, 0.5) is 5.82 Å². The largest absolute Gasteiger partial charge is 0.373 e. The zero-order valence-electron chi connectivity index (χ0n) is 15.7. The molecule has 5 heteroatoms. The van der Waals surface area contributed by atoms with Crippen molar-refractivity contribution in [1.29, 1.82) is 0 Å². The molecule has 3 heterocycles. The van der Waals surface area contributed by atoms with E-state index in [1.807, 2.05) is 7.05 Å². The van der Waals surface area contributed by atoms with E-state index in [0.29, 0.717) is 6.04 Å². The lowest BCUT2D eigenvalue weighted by Crippen LogP contribution is -2.37. The van der Waals surface area contributed by atoms with Crippen LogP contribution in [0.25, 0.3) is 0 Å². The second kappa shape index (κ2) is 8.14. The Bertz CT molecular complexity index is 713. The van der Waals surface area contributed by atoms with Gasteiger partial charge in [0.15, 0.2) is 0 Å². The summed E-state index contributed by atoms with van der Waals surface area (Å²) in [4.78, 5) is 12.5. The molecule has 1 aromatic carbocycles. The van der Waals surface area contributed by atoms with Crippen LogP contribution in [0.2, 0.25) is 0 Å². The predicted octanol–water partition coefficient (Wildman–Crippen LogP) is 2.93. The van der Waals surface area contributed by atoms with E-state index >= 15 is 0 Å². The minimum atomic E-state index is 0.340. The van der Waals surface area contributed by atoms with Crippen molar-refractivity contribution in [2.75, 3.05) is 32.0 Å². The fourth-order valence-electron chi connectivity index (χ4n) is 4.20. The molecule has 1 fully saturated rings. The van der Waals surface area contributed by atoms with Crippen LogP contribution in [0, 0.1) is 0 Å². The standard InChI is InChI=1S/C21H29N5/c1-22-20-17-10-12-23-15-18(17)24-21(25-20)19-9-5-6-13-26(19)14-11-16-7-3-2-4-8-16/h2-4,7-8,19,23H,5-6,9-15H2,1H3,(H,22,24,25)/t19-/m0/s1. The lowest BCUT2D eigenvalue weighted by Gasteiger charge is -2.35. The molecule has 1 aromatic heterocycles. The molecule has 2 aromatic rings. The average Bonchev–Trinajstić information content (AvgIpc) is 2.72. The Balaban J connectivity index is 1.56. The summed E-state index contributed by atoms with van der Waals surface area (Å²) in [5, 5.41) is 6.76. The van der Waals surface area contributed by atoms with Gasteiger partial charge < -0.3 is 10.6 Å². The number of nitrogens with zero attached hydrogens (tertiary/aromatic N) is 3. The van der Waals surface area contributed by atoms with Crippen LogP contribution in [0.3, 0.4) is 0 Å². The van der Waals surface area contributed by atoms with Crippen molar-refractivity contribution in [3.63, 3.8) is 0 Å². The first-order chi connectivity index (χ1) is 12.8. The summed E-state index contributed by atoms with van der Waals surface area (Å²) < 4.78 is 0. The second-order valence-corrected chi connectivity index (χ2v) is 7.32. The van der Waals surface area contributed by atoms with E-state index in [1.165, 1.54) is 29.7 Å². The fourth-order valence-corrected chi connectivity index (χ4v) is 4.20. The van der Waals surface area contributed by atoms with Gasteiger partial charge in [0.1, 0.15) is 11.6 Å². The lowest BCUT2D eigenvalue weighted by molar-refractivity contribution is 0.143. The van der Waals surface area contributed by atoms with Crippen LogP contribution in [0.5, 0.6) is 0 Å². The Hall–Kier alpha value is -1.98. The zero-order chi connectivity index (χ0) is 17.8. The average molecular weight is 351 g/mol. The summed E-state index contributed by atoms with van der Waals surface area (Å²) in [5.41, 5.74) is 3.88. The summed E-state index contributed by atoms with van der Waals surface area (Å²) in [6.45, 7) is 4.08. The quantitative estimate of drug-likeness (QED) is 0.867. The minimum absolute atomic E-state index is 0.340. The molecule has 0 radical (unpaired) electrons. The number of nitrogens with one attached hydrogen (secondary N) is 2. The number of likely N-dealkylation sites (tertiary alicyclic amines) is 1. The van der Waals surface area contributed by atoms with Gasteiger partial charge in [-0.2, -0.15) is 0 Å². The first-order valence-corrected chi connectivity index (χ1v) is 9.91. The Kier molecular flexibility index (Phi) is 5.46. The smallest absolute Gasteiger partial charge is 0.148 e. The minimum Gasteiger partial charge on any atom is -0.373 e. The van der Waals surface area contributed by atoms with Crippen LogP contribution in [-0.4, -0.2) is 41.5 Å². The molecular formula is C21H29N5. The monoisotopic (exact) mass is 351 g/mol. The molecular weight excluding hydrogens is 322 g/mol. The summed E-state index contributed by atoms with van der Waals surface area (Å²) in [6.07, 6.45) is 5.79. The van der Waals surface area contributed by atoms with Crippen LogP contribution < -0.4 is 10.6 Å². The van der Waals surface area contributed by atoms with Crippen molar-refractivity contribution in [2.24, 2.45) is 0 Å². The van der Waals surface area contributed by atoms with E-state index in [9.17, 15) is 0 Å². The highest BCUT2D eigenvalue weighted by molar-refractivity contribution is 5.47. The number of piperidine rings is 1. The van der Waals surface area contributed by atoms with Crippen LogP contribution in [0.1, 0.15) is 47.9 Å². The number of benzene rings is 1. The molecule has 0 amide bonds. The van der Waals surface area contributed by atoms with Gasteiger partial charge in [-0.05, 0) is 44.3 Å². The van der Waals surface area contributed by atoms with Crippen LogP contribution in [-0.2, 0) is 19.4 Å². The molecule has 2 N–H and O–H groups in total. The van der Waals surface area contributed by atoms with Gasteiger partial charge >= 0.3 is 0 Å². The number of rotatable bonds is 5. The summed E-state index contributed by atoms with van der Waals surface area (Å²) in [6, 6.07) is 11.1. The summed E-state index contributed by atoms with van der Waals surface area (Å²) in [5.74, 6) is 2.03. The van der Waals surface area contributed by atoms with Gasteiger partial charge in [-0.3, -0.25) is 4.90 Å². The molecule has 0 unspecified atom stereocenters. The Morgan fingerprint density at radius 2 is 2.08 bits per heavy atom. The van der Waals surface area contributed by atoms with E-state index in [-0.39, 0.29) is 0 Å². The van der Waals surface area contributed by atoms with Gasteiger partial charge in [-0.1, -0.05) is 36.8 Å². The predicted molar refractivity (Wildman–Crippen MR) is 105 cm³/mol. The summed E-state index contributed by atoms with van der Waals surface area (Å²) >= 11 is 0. The fraction of sp³-hybridized carbons (Fsp3) is 0.524. The Morgan fingerprint density at radius 3 is 2.92 bits per heavy atom. The molecule has 0 bridgehead atoms. The number of aromatic nitrogens is 2. The van der Waals surface area contributed by atoms with E-state index in [2.05, 4.69) is 45.9 Å². The van der Waals surface area contributed by atoms with E-state index < -0.39 is 0 Å². The number of anilines is 1. The van der Waals surface area contributed by atoms with Gasteiger partial charge in [0, 0.05) is 25.7 Å². The molecule has 1 saturated heterocycles. The van der Waals surface area contributed by atoms with Gasteiger partial charge in [0.2, 0.25) is 0 Å². The molecule has 1 atom stereocenters. The van der Waals surface area contributed by atoms with Crippen molar-refractivity contribution in [2.45, 2.75) is 44.7 Å². The molecule has 0 saturated carbocycles. The normalized spacial score (nSPS) is 20.6. The van der Waals surface area contributed by atoms with Crippen molar-refractivity contribution in [1.82, 2.24) is 20.2 Å². The Labute approximate surface area is 156 Å². The molecule has 0 aliphatic carbocycles. The zero-order valence-corrected chi connectivity index (χ0v) is 15.7. The highest BCUT2D eigenvalue weighted by Crippen LogP contribution is 2.31. The van der Waals surface area contributed by atoms with E-state index in [1.54, 1.807) is 0 Å². The van der Waals surface area contributed by atoms with Crippen molar-refractivity contribution >= 4 is 5.82 Å². The third kappa shape index (κ3) is 3.74. The number of fused-ring (bicyclic) bond motifs is 1. The van der Waals surface area contributed by atoms with Crippen molar-refractivity contribution < 1.29 is 0 Å². The maximum Gasteiger partial charge on any atom is 0.148 e. The van der Waals surface area contributed by atoms with E-state index in [4.69, 9.17) is 9.97 Å². The number of hydrogen-bond acceptors (Lipinski definition) is 5. The maximum atomic E-state index is 5.00. The third-order valence-electron chi connectivity index (χ3n) is 5.63. The van der Waals surface area contributed by atoms with Gasteiger partial charge in [-0.25, -0.2) is 9.97 Å². The lowest BCUT2D eigenvalue weighted by atomic mass is 9.99. The van der Waals surface area contributed by atoms with Crippen molar-refractivity contribution in [3.8, 4) is 0 Å². The maximum absolute atomic E-state index is 5.00. The molecule has 2 aliphatic heterocycles. The molecule has 138 valence electrons. The second-order valence-electron chi connectivity index (χ2n) is 7.32. The topological polar surface area (TPSA) is 53.1 Å². The van der Waals surface area contributed by atoms with Gasteiger partial charge in [0.25, 0.3) is 0 Å². The molecule has 0 spiro atoms. The molecule has 4 rings (SSSR count). The highest BCUT2D eigenvalue weighted by Gasteiger charge is 2.28. The van der Waals surface area contributed by atoms with Gasteiger partial charge in [0.05, 0.1) is 11.7 Å². The van der Waals surface area contributed by atoms with E-state index in [0.717, 1.165) is 57.1 Å². The first-order valence-electron chi connectivity index (χ1n) is 9.91. The molecule has 5 nitrogen and oxygen atoms in total. The van der Waals surface area contributed by atoms with Crippen LogP contribution >= 0.6 is 0 Å². The third-order valence-corrected chi connectivity index (χ3v) is 5.63. The first kappa shape index (κ1) is 17.4. The van der Waals surface area contributed by atoms with Gasteiger partial charge in [-0.15, -0.1) is 0 Å². The molecule has 2 aliphatic rings. The SMILES string of the molecule is CNc1nc([C@@H]2CCCCN2CCc2ccccc2)nc2c1CCNC2. The Morgan fingerprint density at radius 1 is 1.19 bits per heavy atom. The van der Waals surface area contributed by atoms with Crippen LogP contribution in [0.15, 0.2) is 30.3 Å². The highest BCUT2D eigenvalue weighted by atomic mass is 15.2. The number of hydrogen-bond donors (Lipinski definition) is 2.